The van der Waals surface area contributed by atoms with E-state index in [0.29, 0.717) is 10.9 Å². The monoisotopic (exact) mass is 313 g/mol. The molecule has 0 saturated heterocycles. The molecular formula is C13H20ClN5S. The Hall–Kier alpha value is -0.980. The summed E-state index contributed by atoms with van der Waals surface area (Å²) in [5.41, 5.74) is 1.99. The third-order valence-corrected chi connectivity index (χ3v) is 4.25. The lowest BCUT2D eigenvalue weighted by atomic mass is 10.0. The summed E-state index contributed by atoms with van der Waals surface area (Å²) in [5, 5.41) is 12.7. The Labute approximate surface area is 128 Å². The lowest BCUT2D eigenvalue weighted by Crippen LogP contribution is -2.26. The molecule has 2 aromatic heterocycles. The van der Waals surface area contributed by atoms with Crippen molar-refractivity contribution in [1.29, 1.82) is 0 Å². The molecule has 20 heavy (non-hydrogen) atoms. The topological polar surface area (TPSA) is 55.6 Å². The molecular weight excluding hydrogens is 294 g/mol. The van der Waals surface area contributed by atoms with Crippen LogP contribution in [0, 0.1) is 0 Å². The second kappa shape index (κ2) is 6.65. The van der Waals surface area contributed by atoms with Gasteiger partial charge in [0.2, 0.25) is 0 Å². The molecule has 1 N–H and O–H groups in total. The molecule has 2 rings (SSSR count). The first kappa shape index (κ1) is 15.4. The molecule has 0 aromatic carbocycles. The Kier molecular flexibility index (Phi) is 5.12. The minimum atomic E-state index is -0.00708. The smallest absolute Gasteiger partial charge is 0.0892 e. The molecule has 0 radical (unpaired) electrons. The number of rotatable bonds is 6. The van der Waals surface area contributed by atoms with Crippen molar-refractivity contribution in [3.8, 4) is 0 Å². The summed E-state index contributed by atoms with van der Waals surface area (Å²) >= 11 is 7.74. The molecule has 1 unspecified atom stereocenters. The van der Waals surface area contributed by atoms with E-state index < -0.39 is 0 Å². The van der Waals surface area contributed by atoms with Crippen LogP contribution in [0.5, 0.6) is 0 Å². The molecule has 5 nitrogen and oxygen atoms in total. The van der Waals surface area contributed by atoms with Gasteiger partial charge in [-0.1, -0.05) is 36.9 Å². The number of aryl methyl sites for hydroxylation is 1. The van der Waals surface area contributed by atoms with E-state index in [2.05, 4.69) is 40.8 Å². The molecule has 0 saturated carbocycles. The highest BCUT2D eigenvalue weighted by Gasteiger charge is 2.26. The Balaban J connectivity index is 2.45. The van der Waals surface area contributed by atoms with Crippen LogP contribution in [-0.4, -0.2) is 25.9 Å². The van der Waals surface area contributed by atoms with E-state index in [0.717, 1.165) is 29.2 Å². The van der Waals surface area contributed by atoms with Crippen LogP contribution in [-0.2, 0) is 7.05 Å². The van der Waals surface area contributed by atoms with Gasteiger partial charge in [0.15, 0.2) is 0 Å². The fourth-order valence-corrected chi connectivity index (χ4v) is 3.31. The second-order valence-corrected chi connectivity index (χ2v) is 6.26. The highest BCUT2D eigenvalue weighted by molar-refractivity contribution is 7.05. The standard InChI is InChI=1S/C13H20ClN5S/c1-5-6-15-11(12-9(14)7-16-19(12)4)13-10(8(2)3)17-18-20-13/h7-8,11,15H,5-6H2,1-4H3. The molecule has 0 fully saturated rings. The average molecular weight is 314 g/mol. The van der Waals surface area contributed by atoms with Crippen molar-refractivity contribution in [3.05, 3.63) is 27.5 Å². The van der Waals surface area contributed by atoms with E-state index in [4.69, 9.17) is 11.6 Å². The van der Waals surface area contributed by atoms with Crippen molar-refractivity contribution >= 4 is 23.1 Å². The number of hydrogen-bond donors (Lipinski definition) is 1. The zero-order valence-corrected chi connectivity index (χ0v) is 13.8. The predicted molar refractivity (Wildman–Crippen MR) is 82.4 cm³/mol. The van der Waals surface area contributed by atoms with Crippen LogP contribution in [0.4, 0.5) is 0 Å². The largest absolute Gasteiger partial charge is 0.304 e. The van der Waals surface area contributed by atoms with Gasteiger partial charge in [0.25, 0.3) is 0 Å². The van der Waals surface area contributed by atoms with Crippen LogP contribution in [0.2, 0.25) is 5.02 Å². The zero-order valence-electron chi connectivity index (χ0n) is 12.2. The van der Waals surface area contributed by atoms with E-state index in [1.165, 1.54) is 11.5 Å². The molecule has 2 aromatic rings. The predicted octanol–water partition coefficient (Wildman–Crippen LogP) is 3.14. The molecule has 7 heteroatoms. The van der Waals surface area contributed by atoms with E-state index in [1.807, 2.05) is 11.7 Å². The Morgan fingerprint density at radius 3 is 2.75 bits per heavy atom. The summed E-state index contributed by atoms with van der Waals surface area (Å²) in [7, 11) is 1.91. The van der Waals surface area contributed by atoms with Gasteiger partial charge in [0, 0.05) is 7.05 Å². The van der Waals surface area contributed by atoms with E-state index in [9.17, 15) is 0 Å². The molecule has 0 aliphatic rings. The van der Waals surface area contributed by atoms with Gasteiger partial charge in [0.1, 0.15) is 0 Å². The van der Waals surface area contributed by atoms with Crippen molar-refractivity contribution in [2.45, 2.75) is 39.2 Å². The van der Waals surface area contributed by atoms with Gasteiger partial charge in [-0.2, -0.15) is 5.10 Å². The van der Waals surface area contributed by atoms with Crippen molar-refractivity contribution < 1.29 is 0 Å². The fraction of sp³-hybridized carbons (Fsp3) is 0.615. The van der Waals surface area contributed by atoms with Crippen molar-refractivity contribution in [1.82, 2.24) is 24.7 Å². The first-order valence-corrected chi connectivity index (χ1v) is 7.94. The molecule has 0 aliphatic heterocycles. The summed E-state index contributed by atoms with van der Waals surface area (Å²) in [6, 6.07) is -0.00708. The fourth-order valence-electron chi connectivity index (χ4n) is 2.15. The summed E-state index contributed by atoms with van der Waals surface area (Å²) in [4.78, 5) is 1.12. The number of nitrogens with zero attached hydrogens (tertiary/aromatic N) is 4. The quantitative estimate of drug-likeness (QED) is 0.890. The Morgan fingerprint density at radius 1 is 1.45 bits per heavy atom. The lowest BCUT2D eigenvalue weighted by molar-refractivity contribution is 0.553. The molecule has 2 heterocycles. The molecule has 0 amide bonds. The maximum Gasteiger partial charge on any atom is 0.0892 e. The SMILES string of the molecule is CCCNC(c1snnc1C(C)C)c1c(Cl)cnn1C. The number of aromatic nitrogens is 4. The molecule has 0 aliphatic carbocycles. The maximum absolute atomic E-state index is 6.31. The van der Waals surface area contributed by atoms with Crippen LogP contribution in [0.1, 0.15) is 55.4 Å². The molecule has 110 valence electrons. The van der Waals surface area contributed by atoms with Crippen LogP contribution in [0.3, 0.4) is 0 Å². The average Bonchev–Trinajstić information content (AvgIpc) is 3.00. The van der Waals surface area contributed by atoms with Crippen LogP contribution in [0.25, 0.3) is 0 Å². The minimum absolute atomic E-state index is 0.00708. The van der Waals surface area contributed by atoms with Gasteiger partial charge in [-0.05, 0) is 30.4 Å². The summed E-state index contributed by atoms with van der Waals surface area (Å²) in [6.45, 7) is 7.30. The molecule has 0 spiro atoms. The third kappa shape index (κ3) is 3.02. The summed E-state index contributed by atoms with van der Waals surface area (Å²) in [5.74, 6) is 0.335. The van der Waals surface area contributed by atoms with Crippen molar-refractivity contribution in [3.63, 3.8) is 0 Å². The van der Waals surface area contributed by atoms with Gasteiger partial charge in [-0.15, -0.1) is 5.10 Å². The van der Waals surface area contributed by atoms with Gasteiger partial charge < -0.3 is 5.32 Å². The third-order valence-electron chi connectivity index (χ3n) is 3.16. The number of nitrogens with one attached hydrogen (secondary N) is 1. The molecule has 1 atom stereocenters. The minimum Gasteiger partial charge on any atom is -0.304 e. The summed E-state index contributed by atoms with van der Waals surface area (Å²) < 4.78 is 5.94. The van der Waals surface area contributed by atoms with Crippen LogP contribution >= 0.6 is 23.1 Å². The zero-order chi connectivity index (χ0) is 14.7. The Bertz CT molecular complexity index is 543. The first-order valence-electron chi connectivity index (χ1n) is 6.79. The van der Waals surface area contributed by atoms with Crippen LogP contribution in [0.15, 0.2) is 6.20 Å². The van der Waals surface area contributed by atoms with Gasteiger partial charge >= 0.3 is 0 Å². The number of halogens is 1. The Morgan fingerprint density at radius 2 is 2.20 bits per heavy atom. The van der Waals surface area contributed by atoms with Gasteiger partial charge in [-0.3, -0.25) is 4.68 Å². The maximum atomic E-state index is 6.31. The highest BCUT2D eigenvalue weighted by Crippen LogP contribution is 2.33. The highest BCUT2D eigenvalue weighted by atomic mass is 35.5. The second-order valence-electron chi connectivity index (χ2n) is 5.07. The lowest BCUT2D eigenvalue weighted by Gasteiger charge is -2.19. The molecule has 0 bridgehead atoms. The van der Waals surface area contributed by atoms with Crippen molar-refractivity contribution in [2.75, 3.05) is 6.54 Å². The van der Waals surface area contributed by atoms with E-state index in [1.54, 1.807) is 6.20 Å². The number of hydrogen-bond acceptors (Lipinski definition) is 5. The first-order chi connectivity index (χ1) is 9.56. The van der Waals surface area contributed by atoms with Crippen LogP contribution < -0.4 is 5.32 Å². The van der Waals surface area contributed by atoms with E-state index in [-0.39, 0.29) is 6.04 Å². The summed E-state index contributed by atoms with van der Waals surface area (Å²) in [6.07, 6.45) is 2.73. The normalized spacial score (nSPS) is 13.1. The van der Waals surface area contributed by atoms with E-state index >= 15 is 0 Å². The van der Waals surface area contributed by atoms with Gasteiger partial charge in [0.05, 0.1) is 33.5 Å². The van der Waals surface area contributed by atoms with Crippen molar-refractivity contribution in [2.24, 2.45) is 7.05 Å². The van der Waals surface area contributed by atoms with Gasteiger partial charge in [-0.25, -0.2) is 0 Å².